The first-order valence-electron chi connectivity index (χ1n) is 7.59. The highest BCUT2D eigenvalue weighted by Gasteiger charge is 2.25. The van der Waals surface area contributed by atoms with Gasteiger partial charge < -0.3 is 10.2 Å². The maximum absolute atomic E-state index is 12.4. The van der Waals surface area contributed by atoms with Crippen molar-refractivity contribution >= 4 is 29.7 Å². The van der Waals surface area contributed by atoms with E-state index in [2.05, 4.69) is 30.6 Å². The van der Waals surface area contributed by atoms with E-state index >= 15 is 0 Å². The largest absolute Gasteiger partial charge is 0.338 e. The number of piperidine rings is 1. The van der Waals surface area contributed by atoms with E-state index in [1.807, 2.05) is 18.0 Å². The van der Waals surface area contributed by atoms with Gasteiger partial charge in [0, 0.05) is 18.3 Å². The summed E-state index contributed by atoms with van der Waals surface area (Å²) in [4.78, 5) is 15.6. The van der Waals surface area contributed by atoms with E-state index in [-0.39, 0.29) is 24.4 Å². The van der Waals surface area contributed by atoms with E-state index in [4.69, 9.17) is 0 Å². The van der Waals surface area contributed by atoms with Gasteiger partial charge in [0.2, 0.25) is 5.91 Å². The number of thiophene rings is 1. The van der Waals surface area contributed by atoms with Crippen molar-refractivity contribution in [3.05, 3.63) is 22.4 Å². The minimum atomic E-state index is 0. The summed E-state index contributed by atoms with van der Waals surface area (Å²) in [6, 6.07) is 4.33. The molecule has 2 rings (SSSR count). The lowest BCUT2D eigenvalue weighted by atomic mass is 9.85. The molecule has 1 saturated heterocycles. The molecule has 1 N–H and O–H groups in total. The Morgan fingerprint density at radius 1 is 1.52 bits per heavy atom. The summed E-state index contributed by atoms with van der Waals surface area (Å²) in [5, 5.41) is 5.51. The minimum Gasteiger partial charge on any atom is -0.338 e. The summed E-state index contributed by atoms with van der Waals surface area (Å²) in [7, 11) is 1.93. The van der Waals surface area contributed by atoms with E-state index in [1.165, 1.54) is 17.7 Å². The number of nitrogens with zero attached hydrogens (tertiary/aromatic N) is 1. The second-order valence-electron chi connectivity index (χ2n) is 5.98. The molecule has 0 aromatic carbocycles. The summed E-state index contributed by atoms with van der Waals surface area (Å²) in [6.45, 7) is 6.53. The van der Waals surface area contributed by atoms with Crippen molar-refractivity contribution < 1.29 is 4.79 Å². The van der Waals surface area contributed by atoms with E-state index < -0.39 is 0 Å². The van der Waals surface area contributed by atoms with Gasteiger partial charge in [-0.25, -0.2) is 0 Å². The highest BCUT2D eigenvalue weighted by atomic mass is 35.5. The normalized spacial score (nSPS) is 21.2. The van der Waals surface area contributed by atoms with Gasteiger partial charge in [0.25, 0.3) is 0 Å². The number of rotatable bonds is 5. The lowest BCUT2D eigenvalue weighted by Crippen LogP contribution is -2.36. The summed E-state index contributed by atoms with van der Waals surface area (Å²) in [6.07, 6.45) is 3.16. The van der Waals surface area contributed by atoms with Gasteiger partial charge in [0.05, 0.1) is 6.04 Å². The number of amides is 1. The minimum absolute atomic E-state index is 0. The fraction of sp³-hybridized carbons (Fsp3) is 0.688. The lowest BCUT2D eigenvalue weighted by molar-refractivity contribution is -0.133. The average Bonchev–Trinajstić information content (AvgIpc) is 3.00. The van der Waals surface area contributed by atoms with Crippen LogP contribution in [0.4, 0.5) is 0 Å². The SMILES string of the molecule is CC(CC(=O)N(C)C(C)c1cccs1)C1CCCNC1.Cl. The van der Waals surface area contributed by atoms with Crippen LogP contribution in [0.5, 0.6) is 0 Å². The summed E-state index contributed by atoms with van der Waals surface area (Å²) >= 11 is 1.72. The number of carbonyl (C=O) groups is 1. The number of hydrogen-bond donors (Lipinski definition) is 1. The van der Waals surface area contributed by atoms with Crippen LogP contribution in [0.25, 0.3) is 0 Å². The third-order valence-electron chi connectivity index (χ3n) is 4.57. The van der Waals surface area contributed by atoms with Gasteiger partial charge >= 0.3 is 0 Å². The number of hydrogen-bond acceptors (Lipinski definition) is 3. The second-order valence-corrected chi connectivity index (χ2v) is 6.96. The van der Waals surface area contributed by atoms with Crippen LogP contribution in [0, 0.1) is 11.8 Å². The summed E-state index contributed by atoms with van der Waals surface area (Å²) < 4.78 is 0. The first-order valence-corrected chi connectivity index (χ1v) is 8.47. The van der Waals surface area contributed by atoms with Crippen LogP contribution < -0.4 is 5.32 Å². The van der Waals surface area contributed by atoms with Crippen LogP contribution in [0.2, 0.25) is 0 Å². The van der Waals surface area contributed by atoms with Crippen molar-refractivity contribution in [3.63, 3.8) is 0 Å². The zero-order chi connectivity index (χ0) is 14.5. The van der Waals surface area contributed by atoms with Crippen molar-refractivity contribution in [1.82, 2.24) is 10.2 Å². The number of halogens is 1. The van der Waals surface area contributed by atoms with Crippen LogP contribution in [0.15, 0.2) is 17.5 Å². The third-order valence-corrected chi connectivity index (χ3v) is 5.61. The molecule has 1 aliphatic heterocycles. The molecular formula is C16H27ClN2OS. The molecule has 1 aliphatic rings. The molecule has 0 radical (unpaired) electrons. The van der Waals surface area contributed by atoms with Crippen LogP contribution in [0.1, 0.15) is 44.0 Å². The molecular weight excluding hydrogens is 304 g/mol. The van der Waals surface area contributed by atoms with E-state index in [0.29, 0.717) is 18.3 Å². The average molecular weight is 331 g/mol. The van der Waals surface area contributed by atoms with Crippen LogP contribution in [0.3, 0.4) is 0 Å². The van der Waals surface area contributed by atoms with Gasteiger partial charge in [-0.1, -0.05) is 13.0 Å². The van der Waals surface area contributed by atoms with Crippen molar-refractivity contribution in [2.45, 2.75) is 39.2 Å². The standard InChI is InChI=1S/C16H26N2OS.ClH/c1-12(14-6-4-8-17-11-14)10-16(19)18(3)13(2)15-7-5-9-20-15;/h5,7,9,12-14,17H,4,6,8,10-11H2,1-3H3;1H. The maximum atomic E-state index is 12.4. The Morgan fingerprint density at radius 2 is 2.29 bits per heavy atom. The molecule has 1 fully saturated rings. The summed E-state index contributed by atoms with van der Waals surface area (Å²) in [5.41, 5.74) is 0. The fourth-order valence-corrected chi connectivity index (χ4v) is 3.71. The molecule has 0 aliphatic carbocycles. The molecule has 3 unspecified atom stereocenters. The zero-order valence-electron chi connectivity index (χ0n) is 13.2. The molecule has 1 aromatic heterocycles. The highest BCUT2D eigenvalue weighted by Crippen LogP contribution is 2.27. The van der Waals surface area contributed by atoms with Crippen molar-refractivity contribution in [2.75, 3.05) is 20.1 Å². The van der Waals surface area contributed by atoms with Crippen LogP contribution in [-0.2, 0) is 4.79 Å². The fourth-order valence-electron chi connectivity index (χ4n) is 2.89. The van der Waals surface area contributed by atoms with E-state index in [9.17, 15) is 4.79 Å². The Morgan fingerprint density at radius 3 is 2.86 bits per heavy atom. The van der Waals surface area contributed by atoms with Gasteiger partial charge in [-0.3, -0.25) is 4.79 Å². The van der Waals surface area contributed by atoms with Crippen molar-refractivity contribution in [1.29, 1.82) is 0 Å². The van der Waals surface area contributed by atoms with Crippen LogP contribution >= 0.6 is 23.7 Å². The second kappa shape index (κ2) is 8.76. The predicted octanol–water partition coefficient (Wildman–Crippen LogP) is 3.72. The van der Waals surface area contributed by atoms with Gasteiger partial charge in [-0.15, -0.1) is 23.7 Å². The van der Waals surface area contributed by atoms with Gasteiger partial charge in [0.1, 0.15) is 0 Å². The Bertz CT molecular complexity index is 418. The maximum Gasteiger partial charge on any atom is 0.223 e. The molecule has 21 heavy (non-hydrogen) atoms. The van der Waals surface area contributed by atoms with Gasteiger partial charge in [-0.05, 0) is 56.1 Å². The third kappa shape index (κ3) is 4.97. The Kier molecular flexibility index (Phi) is 7.71. The first-order chi connectivity index (χ1) is 9.59. The molecule has 0 saturated carbocycles. The quantitative estimate of drug-likeness (QED) is 0.892. The lowest BCUT2D eigenvalue weighted by Gasteiger charge is -2.30. The van der Waals surface area contributed by atoms with E-state index in [1.54, 1.807) is 11.3 Å². The van der Waals surface area contributed by atoms with Crippen molar-refractivity contribution in [3.8, 4) is 0 Å². The topological polar surface area (TPSA) is 32.3 Å². The smallest absolute Gasteiger partial charge is 0.223 e. The molecule has 0 spiro atoms. The van der Waals surface area contributed by atoms with Gasteiger partial charge in [-0.2, -0.15) is 0 Å². The number of nitrogens with one attached hydrogen (secondary N) is 1. The molecule has 3 nitrogen and oxygen atoms in total. The van der Waals surface area contributed by atoms with E-state index in [0.717, 1.165) is 13.1 Å². The monoisotopic (exact) mass is 330 g/mol. The molecule has 120 valence electrons. The van der Waals surface area contributed by atoms with Crippen LogP contribution in [-0.4, -0.2) is 30.9 Å². The van der Waals surface area contributed by atoms with Crippen molar-refractivity contribution in [2.24, 2.45) is 11.8 Å². The molecule has 2 heterocycles. The predicted molar refractivity (Wildman–Crippen MR) is 92.1 cm³/mol. The molecule has 5 heteroatoms. The molecule has 0 bridgehead atoms. The molecule has 3 atom stereocenters. The number of carbonyl (C=O) groups excluding carboxylic acids is 1. The zero-order valence-corrected chi connectivity index (χ0v) is 14.8. The summed E-state index contributed by atoms with van der Waals surface area (Å²) in [5.74, 6) is 1.38. The molecule has 1 aromatic rings. The van der Waals surface area contributed by atoms with Gasteiger partial charge in [0.15, 0.2) is 0 Å². The Hall–Kier alpha value is -0.580. The molecule has 1 amide bonds. The first kappa shape index (κ1) is 18.5. The highest BCUT2D eigenvalue weighted by molar-refractivity contribution is 7.10. The Labute approximate surface area is 138 Å². The Balaban J connectivity index is 0.00000220.